The minimum Gasteiger partial charge on any atom is -0.496 e. The van der Waals surface area contributed by atoms with E-state index >= 15 is 0 Å². The molecule has 0 atom stereocenters. The van der Waals surface area contributed by atoms with Crippen molar-refractivity contribution in [2.75, 3.05) is 7.11 Å². The second kappa shape index (κ2) is 4.71. The lowest BCUT2D eigenvalue weighted by atomic mass is 10.1. The van der Waals surface area contributed by atoms with Crippen LogP contribution in [0.2, 0.25) is 0 Å². The lowest BCUT2D eigenvalue weighted by Gasteiger charge is -2.07. The van der Waals surface area contributed by atoms with Gasteiger partial charge in [0, 0.05) is 7.05 Å². The van der Waals surface area contributed by atoms with Crippen molar-refractivity contribution in [3.63, 3.8) is 0 Å². The zero-order chi connectivity index (χ0) is 12.4. The molecule has 0 saturated heterocycles. The van der Waals surface area contributed by atoms with E-state index < -0.39 is 0 Å². The summed E-state index contributed by atoms with van der Waals surface area (Å²) in [6.45, 7) is 0. The van der Waals surface area contributed by atoms with Crippen LogP contribution in [-0.4, -0.2) is 22.7 Å². The highest BCUT2D eigenvalue weighted by atomic mass is 79.9. The van der Waals surface area contributed by atoms with Gasteiger partial charge >= 0.3 is 0 Å². The molecule has 17 heavy (non-hydrogen) atoms. The molecule has 0 spiro atoms. The summed E-state index contributed by atoms with van der Waals surface area (Å²) in [6.07, 6.45) is 1.60. The van der Waals surface area contributed by atoms with Gasteiger partial charge in [0.1, 0.15) is 11.4 Å². The molecule has 0 fully saturated rings. The number of ketones is 1. The molecule has 0 radical (unpaired) electrons. The maximum Gasteiger partial charge on any atom is 0.215 e. The van der Waals surface area contributed by atoms with Crippen LogP contribution in [0.25, 0.3) is 0 Å². The SMILES string of the molecule is COc1ccccc1C(=O)c1c(Br)cnn1C. The molecule has 4 nitrogen and oxygen atoms in total. The molecule has 0 bridgehead atoms. The summed E-state index contributed by atoms with van der Waals surface area (Å²) in [5, 5.41) is 4.03. The average molecular weight is 295 g/mol. The number of ether oxygens (including phenoxy) is 1. The smallest absolute Gasteiger partial charge is 0.215 e. The zero-order valence-corrected chi connectivity index (χ0v) is 11.1. The number of halogens is 1. The van der Waals surface area contributed by atoms with Crippen LogP contribution in [0.3, 0.4) is 0 Å². The molecular formula is C12H11BrN2O2. The van der Waals surface area contributed by atoms with Crippen LogP contribution in [0.15, 0.2) is 34.9 Å². The van der Waals surface area contributed by atoms with E-state index in [1.54, 1.807) is 43.2 Å². The Morgan fingerprint density at radius 1 is 1.41 bits per heavy atom. The Morgan fingerprint density at radius 3 is 2.71 bits per heavy atom. The van der Waals surface area contributed by atoms with Crippen LogP contribution in [0.1, 0.15) is 16.1 Å². The Balaban J connectivity index is 2.51. The van der Waals surface area contributed by atoms with E-state index in [0.29, 0.717) is 21.5 Å². The first-order valence-electron chi connectivity index (χ1n) is 5.00. The molecular weight excluding hydrogens is 284 g/mol. The number of hydrogen-bond donors (Lipinski definition) is 0. The summed E-state index contributed by atoms with van der Waals surface area (Å²) < 4.78 is 7.40. The van der Waals surface area contributed by atoms with Gasteiger partial charge in [0.15, 0.2) is 0 Å². The van der Waals surface area contributed by atoms with E-state index in [1.165, 1.54) is 0 Å². The minimum absolute atomic E-state index is 0.116. The van der Waals surface area contributed by atoms with Gasteiger partial charge in [-0.05, 0) is 28.1 Å². The second-order valence-corrected chi connectivity index (χ2v) is 4.35. The summed E-state index contributed by atoms with van der Waals surface area (Å²) in [5.41, 5.74) is 1.04. The lowest BCUT2D eigenvalue weighted by molar-refractivity contribution is 0.102. The molecule has 88 valence electrons. The van der Waals surface area contributed by atoms with Crippen LogP contribution >= 0.6 is 15.9 Å². The van der Waals surface area contributed by atoms with Crippen molar-refractivity contribution in [2.45, 2.75) is 0 Å². The van der Waals surface area contributed by atoms with Crippen LogP contribution in [0, 0.1) is 0 Å². The number of aromatic nitrogens is 2. The van der Waals surface area contributed by atoms with E-state index in [-0.39, 0.29) is 5.78 Å². The second-order valence-electron chi connectivity index (χ2n) is 3.49. The predicted molar refractivity (Wildman–Crippen MR) is 67.3 cm³/mol. The Hall–Kier alpha value is -1.62. The fraction of sp³-hybridized carbons (Fsp3) is 0.167. The first kappa shape index (κ1) is 11.9. The van der Waals surface area contributed by atoms with Crippen molar-refractivity contribution < 1.29 is 9.53 Å². The lowest BCUT2D eigenvalue weighted by Crippen LogP contribution is -2.10. The largest absolute Gasteiger partial charge is 0.496 e. The number of rotatable bonds is 3. The van der Waals surface area contributed by atoms with Crippen LogP contribution in [0.5, 0.6) is 5.75 Å². The van der Waals surface area contributed by atoms with Crippen molar-refractivity contribution in [1.82, 2.24) is 9.78 Å². The first-order chi connectivity index (χ1) is 8.15. The fourth-order valence-electron chi connectivity index (χ4n) is 1.63. The third-order valence-electron chi connectivity index (χ3n) is 2.46. The van der Waals surface area contributed by atoms with Gasteiger partial charge in [-0.2, -0.15) is 5.10 Å². The van der Waals surface area contributed by atoms with E-state index in [4.69, 9.17) is 4.74 Å². The molecule has 0 aliphatic carbocycles. The van der Waals surface area contributed by atoms with Gasteiger partial charge in [-0.25, -0.2) is 0 Å². The number of aryl methyl sites for hydroxylation is 1. The Labute approximate surface area is 107 Å². The van der Waals surface area contributed by atoms with Gasteiger partial charge in [0.25, 0.3) is 0 Å². The Bertz CT molecular complexity index is 544. The molecule has 2 aromatic rings. The van der Waals surface area contributed by atoms with Crippen molar-refractivity contribution in [3.05, 3.63) is 46.2 Å². The molecule has 0 N–H and O–H groups in total. The standard InChI is InChI=1S/C12H11BrN2O2/c1-15-11(9(13)7-14-15)12(16)8-5-3-4-6-10(8)17-2/h3-7H,1-2H3. The molecule has 5 heteroatoms. The molecule has 1 heterocycles. The number of methoxy groups -OCH3 is 1. The molecule has 0 amide bonds. The number of para-hydroxylation sites is 1. The minimum atomic E-state index is -0.116. The van der Waals surface area contributed by atoms with Gasteiger partial charge in [0.2, 0.25) is 5.78 Å². The third kappa shape index (κ3) is 2.10. The van der Waals surface area contributed by atoms with Crippen molar-refractivity contribution >= 4 is 21.7 Å². The summed E-state index contributed by atoms with van der Waals surface area (Å²) in [7, 11) is 3.28. The normalized spacial score (nSPS) is 10.3. The summed E-state index contributed by atoms with van der Waals surface area (Å²) in [4.78, 5) is 12.4. The molecule has 0 aliphatic rings. The summed E-state index contributed by atoms with van der Waals surface area (Å²) in [6, 6.07) is 7.13. The van der Waals surface area contributed by atoms with Crippen LogP contribution < -0.4 is 4.74 Å². The van der Waals surface area contributed by atoms with E-state index in [1.807, 2.05) is 6.07 Å². The molecule has 0 aliphatic heterocycles. The molecule has 1 aromatic heterocycles. The van der Waals surface area contributed by atoms with E-state index in [2.05, 4.69) is 21.0 Å². The highest BCUT2D eigenvalue weighted by Crippen LogP contribution is 2.24. The van der Waals surface area contributed by atoms with Crippen LogP contribution in [0.4, 0.5) is 0 Å². The fourth-order valence-corrected chi connectivity index (χ4v) is 2.15. The molecule has 0 unspecified atom stereocenters. The number of benzene rings is 1. The Morgan fingerprint density at radius 2 is 2.12 bits per heavy atom. The predicted octanol–water partition coefficient (Wildman–Crippen LogP) is 2.42. The number of nitrogens with zero attached hydrogens (tertiary/aromatic N) is 2. The quantitative estimate of drug-likeness (QED) is 0.817. The highest BCUT2D eigenvalue weighted by molar-refractivity contribution is 9.10. The first-order valence-corrected chi connectivity index (χ1v) is 5.79. The number of carbonyl (C=O) groups is 1. The number of carbonyl (C=O) groups excluding carboxylic acids is 1. The van der Waals surface area contributed by atoms with Crippen molar-refractivity contribution in [3.8, 4) is 5.75 Å². The molecule has 0 saturated carbocycles. The highest BCUT2D eigenvalue weighted by Gasteiger charge is 2.20. The van der Waals surface area contributed by atoms with Crippen molar-refractivity contribution in [1.29, 1.82) is 0 Å². The summed E-state index contributed by atoms with van der Waals surface area (Å²) in [5.74, 6) is 0.444. The van der Waals surface area contributed by atoms with Gasteiger partial charge in [-0.3, -0.25) is 9.48 Å². The van der Waals surface area contributed by atoms with Gasteiger partial charge < -0.3 is 4.74 Å². The Kier molecular flexibility index (Phi) is 3.28. The van der Waals surface area contributed by atoms with E-state index in [0.717, 1.165) is 0 Å². The molecule has 1 aromatic carbocycles. The monoisotopic (exact) mass is 294 g/mol. The average Bonchev–Trinajstić information content (AvgIpc) is 2.68. The van der Waals surface area contributed by atoms with Gasteiger partial charge in [-0.15, -0.1) is 0 Å². The van der Waals surface area contributed by atoms with Gasteiger partial charge in [0.05, 0.1) is 23.3 Å². The molecule has 2 rings (SSSR count). The summed E-state index contributed by atoms with van der Waals surface area (Å²) >= 11 is 3.32. The topological polar surface area (TPSA) is 44.1 Å². The third-order valence-corrected chi connectivity index (χ3v) is 3.04. The maximum absolute atomic E-state index is 12.4. The van der Waals surface area contributed by atoms with Gasteiger partial charge in [-0.1, -0.05) is 12.1 Å². The zero-order valence-electron chi connectivity index (χ0n) is 9.48. The van der Waals surface area contributed by atoms with Crippen LogP contribution in [-0.2, 0) is 7.05 Å². The number of hydrogen-bond acceptors (Lipinski definition) is 3. The van der Waals surface area contributed by atoms with Crippen molar-refractivity contribution in [2.24, 2.45) is 7.05 Å². The van der Waals surface area contributed by atoms with E-state index in [9.17, 15) is 4.79 Å². The maximum atomic E-state index is 12.4.